The number of hydrogen-bond donors (Lipinski definition) is 1. The Bertz CT molecular complexity index is 542. The molecule has 0 saturated carbocycles. The fourth-order valence-corrected chi connectivity index (χ4v) is 1.73. The van der Waals surface area contributed by atoms with E-state index in [1.807, 2.05) is 0 Å². The Morgan fingerprint density at radius 3 is 2.60 bits per heavy atom. The highest BCUT2D eigenvalue weighted by molar-refractivity contribution is 5.96. The average Bonchev–Trinajstić information content (AvgIpc) is 2.37. The summed E-state index contributed by atoms with van der Waals surface area (Å²) in [5.41, 5.74) is 0.764. The minimum atomic E-state index is -0.919. The average molecular weight is 280 g/mol. The van der Waals surface area contributed by atoms with Crippen molar-refractivity contribution in [1.82, 2.24) is 4.90 Å². The number of aryl methyl sites for hydroxylation is 1. The second-order valence-corrected chi connectivity index (χ2v) is 4.48. The SMILES string of the molecule is Cc1ccc([N+](=O)[O-])cc1C(=O)N(C)CCCC(=O)O. The lowest BCUT2D eigenvalue weighted by Gasteiger charge is -2.17. The van der Waals surface area contributed by atoms with Crippen molar-refractivity contribution < 1.29 is 19.6 Å². The zero-order valence-corrected chi connectivity index (χ0v) is 11.3. The number of non-ortho nitro benzene ring substituents is 1. The molecule has 1 N–H and O–H groups in total. The molecule has 0 bridgehead atoms. The maximum absolute atomic E-state index is 12.2. The van der Waals surface area contributed by atoms with E-state index in [2.05, 4.69) is 0 Å². The van der Waals surface area contributed by atoms with Crippen molar-refractivity contribution in [2.45, 2.75) is 19.8 Å². The molecule has 0 aliphatic carbocycles. The summed E-state index contributed by atoms with van der Waals surface area (Å²) in [5.74, 6) is -1.27. The van der Waals surface area contributed by atoms with Crippen LogP contribution in [-0.4, -0.2) is 40.4 Å². The summed E-state index contributed by atoms with van der Waals surface area (Å²) >= 11 is 0. The number of benzene rings is 1. The van der Waals surface area contributed by atoms with Gasteiger partial charge in [0.25, 0.3) is 11.6 Å². The molecule has 1 aromatic rings. The van der Waals surface area contributed by atoms with Gasteiger partial charge in [0.15, 0.2) is 0 Å². The van der Waals surface area contributed by atoms with E-state index in [1.54, 1.807) is 14.0 Å². The molecule has 1 rings (SSSR count). The first kappa shape index (κ1) is 15.6. The van der Waals surface area contributed by atoms with Gasteiger partial charge in [-0.25, -0.2) is 0 Å². The van der Waals surface area contributed by atoms with E-state index in [4.69, 9.17) is 5.11 Å². The molecule has 0 spiro atoms. The molecule has 7 nitrogen and oxygen atoms in total. The van der Waals surface area contributed by atoms with E-state index in [0.29, 0.717) is 12.0 Å². The van der Waals surface area contributed by atoms with Crippen LogP contribution in [0, 0.1) is 17.0 Å². The van der Waals surface area contributed by atoms with Crippen LogP contribution in [-0.2, 0) is 4.79 Å². The predicted molar refractivity (Wildman–Crippen MR) is 71.7 cm³/mol. The number of rotatable bonds is 6. The van der Waals surface area contributed by atoms with Gasteiger partial charge in [-0.2, -0.15) is 0 Å². The van der Waals surface area contributed by atoms with E-state index >= 15 is 0 Å². The number of hydrogen-bond acceptors (Lipinski definition) is 4. The van der Waals surface area contributed by atoms with Crippen molar-refractivity contribution in [2.24, 2.45) is 0 Å². The van der Waals surface area contributed by atoms with Crippen LogP contribution in [0.3, 0.4) is 0 Å². The number of carboxylic acid groups (broad SMARTS) is 1. The van der Waals surface area contributed by atoms with Gasteiger partial charge in [-0.1, -0.05) is 6.07 Å². The van der Waals surface area contributed by atoms with Crippen LogP contribution in [0.25, 0.3) is 0 Å². The smallest absolute Gasteiger partial charge is 0.303 e. The second-order valence-electron chi connectivity index (χ2n) is 4.48. The van der Waals surface area contributed by atoms with Gasteiger partial charge >= 0.3 is 5.97 Å². The third-order valence-corrected chi connectivity index (χ3v) is 2.89. The molecule has 0 unspecified atom stereocenters. The molecule has 0 aliphatic heterocycles. The highest BCUT2D eigenvalue weighted by Crippen LogP contribution is 2.18. The van der Waals surface area contributed by atoms with E-state index in [1.165, 1.54) is 23.1 Å². The molecule has 1 amide bonds. The predicted octanol–water partition coefficient (Wildman–Crippen LogP) is 1.84. The van der Waals surface area contributed by atoms with Gasteiger partial charge in [-0.15, -0.1) is 0 Å². The monoisotopic (exact) mass is 280 g/mol. The maximum atomic E-state index is 12.2. The third-order valence-electron chi connectivity index (χ3n) is 2.89. The van der Waals surface area contributed by atoms with E-state index in [-0.39, 0.29) is 30.1 Å². The van der Waals surface area contributed by atoms with Gasteiger partial charge in [-0.05, 0) is 18.9 Å². The minimum absolute atomic E-state index is 0.0223. The lowest BCUT2D eigenvalue weighted by Crippen LogP contribution is -2.28. The van der Waals surface area contributed by atoms with Crippen molar-refractivity contribution >= 4 is 17.6 Å². The normalized spacial score (nSPS) is 10.1. The molecule has 0 heterocycles. The molecular formula is C13H16N2O5. The number of nitro benzene ring substituents is 1. The Morgan fingerprint density at radius 1 is 1.40 bits per heavy atom. The van der Waals surface area contributed by atoms with Crippen LogP contribution in [0.2, 0.25) is 0 Å². The molecule has 0 radical (unpaired) electrons. The van der Waals surface area contributed by atoms with Crippen LogP contribution >= 0.6 is 0 Å². The van der Waals surface area contributed by atoms with Crippen molar-refractivity contribution in [3.63, 3.8) is 0 Å². The van der Waals surface area contributed by atoms with Gasteiger partial charge in [0.1, 0.15) is 0 Å². The summed E-state index contributed by atoms with van der Waals surface area (Å²) in [6, 6.07) is 4.11. The summed E-state index contributed by atoms with van der Waals surface area (Å²) in [6.07, 6.45) is 0.317. The van der Waals surface area contributed by atoms with Gasteiger partial charge in [-0.3, -0.25) is 19.7 Å². The summed E-state index contributed by atoms with van der Waals surface area (Å²) in [6.45, 7) is 1.98. The maximum Gasteiger partial charge on any atom is 0.303 e. The number of nitrogens with zero attached hydrogens (tertiary/aromatic N) is 2. The van der Waals surface area contributed by atoms with E-state index in [0.717, 1.165) is 0 Å². The van der Waals surface area contributed by atoms with Gasteiger partial charge < -0.3 is 10.0 Å². The molecule has 0 atom stereocenters. The molecule has 1 aromatic carbocycles. The summed E-state index contributed by atoms with van der Waals surface area (Å²) in [4.78, 5) is 34.1. The number of carboxylic acids is 1. The Kier molecular flexibility index (Phi) is 5.19. The lowest BCUT2D eigenvalue weighted by atomic mass is 10.1. The summed E-state index contributed by atoms with van der Waals surface area (Å²) < 4.78 is 0. The van der Waals surface area contributed by atoms with Crippen LogP contribution in [0.4, 0.5) is 5.69 Å². The zero-order chi connectivity index (χ0) is 15.3. The van der Waals surface area contributed by atoms with Gasteiger partial charge in [0.2, 0.25) is 0 Å². The van der Waals surface area contributed by atoms with Crippen molar-refractivity contribution in [1.29, 1.82) is 0 Å². The molecule has 108 valence electrons. The largest absolute Gasteiger partial charge is 0.481 e. The van der Waals surface area contributed by atoms with Crippen molar-refractivity contribution in [3.8, 4) is 0 Å². The summed E-state index contributed by atoms with van der Waals surface area (Å²) in [7, 11) is 1.54. The van der Waals surface area contributed by atoms with Crippen LogP contribution in [0.1, 0.15) is 28.8 Å². The molecule has 0 saturated heterocycles. The van der Waals surface area contributed by atoms with Crippen molar-refractivity contribution in [3.05, 3.63) is 39.4 Å². The fourth-order valence-electron chi connectivity index (χ4n) is 1.73. The Hall–Kier alpha value is -2.44. The molecular weight excluding hydrogens is 264 g/mol. The second kappa shape index (κ2) is 6.65. The molecule has 0 aromatic heterocycles. The van der Waals surface area contributed by atoms with Crippen LogP contribution < -0.4 is 0 Å². The lowest BCUT2D eigenvalue weighted by molar-refractivity contribution is -0.384. The number of nitro groups is 1. The Labute approximate surface area is 116 Å². The van der Waals surface area contributed by atoms with E-state index < -0.39 is 10.9 Å². The fraction of sp³-hybridized carbons (Fsp3) is 0.385. The molecule has 0 aliphatic rings. The number of amides is 1. The summed E-state index contributed by atoms with van der Waals surface area (Å²) in [5, 5.41) is 19.3. The first-order valence-electron chi connectivity index (χ1n) is 6.05. The minimum Gasteiger partial charge on any atom is -0.481 e. The van der Waals surface area contributed by atoms with E-state index in [9.17, 15) is 19.7 Å². The highest BCUT2D eigenvalue weighted by Gasteiger charge is 2.17. The standard InChI is InChI=1S/C13H16N2O5/c1-9-5-6-10(15(19)20)8-11(9)13(18)14(2)7-3-4-12(16)17/h5-6,8H,3-4,7H2,1-2H3,(H,16,17). The quantitative estimate of drug-likeness (QED) is 0.633. The van der Waals surface area contributed by atoms with Crippen LogP contribution in [0.15, 0.2) is 18.2 Å². The van der Waals surface area contributed by atoms with Gasteiger partial charge in [0.05, 0.1) is 4.92 Å². The Morgan fingerprint density at radius 2 is 2.05 bits per heavy atom. The first-order chi connectivity index (χ1) is 9.32. The Balaban J connectivity index is 2.82. The highest BCUT2D eigenvalue weighted by atomic mass is 16.6. The van der Waals surface area contributed by atoms with Crippen molar-refractivity contribution in [2.75, 3.05) is 13.6 Å². The number of aliphatic carboxylic acids is 1. The van der Waals surface area contributed by atoms with Gasteiger partial charge in [0, 0.05) is 37.7 Å². The van der Waals surface area contributed by atoms with Crippen LogP contribution in [0.5, 0.6) is 0 Å². The third kappa shape index (κ3) is 4.04. The molecule has 7 heteroatoms. The zero-order valence-electron chi connectivity index (χ0n) is 11.3. The molecule has 0 fully saturated rings. The number of carbonyl (C=O) groups excluding carboxylic acids is 1. The number of carbonyl (C=O) groups is 2. The topological polar surface area (TPSA) is 101 Å². The first-order valence-corrected chi connectivity index (χ1v) is 6.05. The molecule has 20 heavy (non-hydrogen) atoms.